The zero-order valence-corrected chi connectivity index (χ0v) is 19.8. The average Bonchev–Trinajstić information content (AvgIpc) is 3.28. The number of anilines is 2. The van der Waals surface area contributed by atoms with Crippen molar-refractivity contribution in [2.45, 2.75) is 13.8 Å². The number of halogens is 1. The van der Waals surface area contributed by atoms with Gasteiger partial charge in [0.25, 0.3) is 5.91 Å². The van der Waals surface area contributed by atoms with Crippen LogP contribution in [0.3, 0.4) is 0 Å². The lowest BCUT2D eigenvalue weighted by Gasteiger charge is -2.18. The zero-order valence-electron chi connectivity index (χ0n) is 19.8. The van der Waals surface area contributed by atoms with Crippen molar-refractivity contribution in [3.05, 3.63) is 72.1 Å². The number of benzene rings is 2. The van der Waals surface area contributed by atoms with Crippen molar-refractivity contribution >= 4 is 29.0 Å². The summed E-state index contributed by atoms with van der Waals surface area (Å²) in [5.74, 6) is -0.837. The lowest BCUT2D eigenvalue weighted by molar-refractivity contribution is 0.0987. The number of fused-ring (bicyclic) bond motifs is 1. The van der Waals surface area contributed by atoms with Gasteiger partial charge in [-0.15, -0.1) is 0 Å². The summed E-state index contributed by atoms with van der Waals surface area (Å²) >= 11 is 0. The number of nitrogens with one attached hydrogen (secondary N) is 2. The number of ether oxygens (including phenoxy) is 1. The molecule has 0 saturated heterocycles. The summed E-state index contributed by atoms with van der Waals surface area (Å²) in [6, 6.07) is 11.2. The predicted octanol–water partition coefficient (Wildman–Crippen LogP) is 4.27. The van der Waals surface area contributed by atoms with Crippen molar-refractivity contribution in [3.63, 3.8) is 0 Å². The summed E-state index contributed by atoms with van der Waals surface area (Å²) < 4.78 is 20.6. The summed E-state index contributed by atoms with van der Waals surface area (Å²) in [5, 5.41) is 5.44. The van der Waals surface area contributed by atoms with E-state index in [0.29, 0.717) is 29.3 Å². The molecule has 0 saturated carbocycles. The highest BCUT2D eigenvalue weighted by Crippen LogP contribution is 2.26. The Morgan fingerprint density at radius 3 is 2.60 bits per heavy atom. The lowest BCUT2D eigenvalue weighted by atomic mass is 10.1. The molecular formula is C25H25FN6O3. The monoisotopic (exact) mass is 476 g/mol. The van der Waals surface area contributed by atoms with Crippen LogP contribution < -0.4 is 20.3 Å². The van der Waals surface area contributed by atoms with Crippen LogP contribution >= 0.6 is 0 Å². The summed E-state index contributed by atoms with van der Waals surface area (Å²) in [6.45, 7) is 4.16. The van der Waals surface area contributed by atoms with E-state index in [-0.39, 0.29) is 23.4 Å². The van der Waals surface area contributed by atoms with Gasteiger partial charge in [-0.25, -0.2) is 19.2 Å². The van der Waals surface area contributed by atoms with Crippen LogP contribution in [0.25, 0.3) is 16.9 Å². The van der Waals surface area contributed by atoms with Gasteiger partial charge in [0, 0.05) is 42.8 Å². The molecule has 0 spiro atoms. The van der Waals surface area contributed by atoms with E-state index in [1.165, 1.54) is 30.2 Å². The van der Waals surface area contributed by atoms with Crippen molar-refractivity contribution < 1.29 is 18.7 Å². The van der Waals surface area contributed by atoms with Crippen LogP contribution in [0.2, 0.25) is 0 Å². The molecule has 2 aromatic carbocycles. The number of nitrogens with zero attached hydrogens (tertiary/aromatic N) is 4. The van der Waals surface area contributed by atoms with E-state index in [2.05, 4.69) is 20.6 Å². The van der Waals surface area contributed by atoms with E-state index >= 15 is 0 Å². The predicted molar refractivity (Wildman–Crippen MR) is 132 cm³/mol. The molecule has 0 aliphatic rings. The molecule has 0 fully saturated rings. The van der Waals surface area contributed by atoms with Crippen molar-refractivity contribution in [3.8, 4) is 17.0 Å². The van der Waals surface area contributed by atoms with Crippen LogP contribution in [-0.4, -0.2) is 47.0 Å². The van der Waals surface area contributed by atoms with Crippen LogP contribution in [0.4, 0.5) is 20.6 Å². The van der Waals surface area contributed by atoms with Gasteiger partial charge in [0.15, 0.2) is 17.2 Å². The number of methoxy groups -OCH3 is 1. The van der Waals surface area contributed by atoms with Gasteiger partial charge in [0.05, 0.1) is 24.7 Å². The Kier molecular flexibility index (Phi) is 6.63. The Labute approximate surface area is 201 Å². The third-order valence-electron chi connectivity index (χ3n) is 5.48. The molecule has 0 aliphatic heterocycles. The van der Waals surface area contributed by atoms with Crippen LogP contribution in [0.1, 0.15) is 23.1 Å². The Hall–Kier alpha value is -4.47. The number of hydrogen-bond acceptors (Lipinski definition) is 5. The number of rotatable bonds is 6. The van der Waals surface area contributed by atoms with E-state index in [1.807, 2.05) is 19.1 Å². The average molecular weight is 477 g/mol. The molecule has 2 aromatic heterocycles. The fraction of sp³-hybridized carbons (Fsp3) is 0.200. The van der Waals surface area contributed by atoms with Crippen molar-refractivity contribution in [1.82, 2.24) is 19.7 Å². The van der Waals surface area contributed by atoms with Crippen molar-refractivity contribution in [2.24, 2.45) is 0 Å². The van der Waals surface area contributed by atoms with Gasteiger partial charge in [0.1, 0.15) is 5.69 Å². The number of hydrogen-bond donors (Lipinski definition) is 2. The molecule has 0 radical (unpaired) electrons. The first-order chi connectivity index (χ1) is 16.8. The Morgan fingerprint density at radius 1 is 1.17 bits per heavy atom. The molecule has 4 rings (SSSR count). The molecular weight excluding hydrogens is 451 g/mol. The summed E-state index contributed by atoms with van der Waals surface area (Å²) in [4.78, 5) is 35.3. The second kappa shape index (κ2) is 9.80. The van der Waals surface area contributed by atoms with Crippen LogP contribution in [-0.2, 0) is 0 Å². The molecule has 3 amide bonds. The molecule has 180 valence electrons. The SMILES string of the molecule is CCNC(=O)Nc1ccc(-c2cnc3c(C)nc(C(=O)N(C)c4ccc(F)c(OC)c4)cn23)cc1. The molecule has 10 heteroatoms. The summed E-state index contributed by atoms with van der Waals surface area (Å²) in [6.07, 6.45) is 3.34. The number of carbonyl (C=O) groups is 2. The van der Waals surface area contributed by atoms with E-state index in [9.17, 15) is 14.0 Å². The maximum Gasteiger partial charge on any atom is 0.319 e. The van der Waals surface area contributed by atoms with Gasteiger partial charge in [-0.1, -0.05) is 12.1 Å². The van der Waals surface area contributed by atoms with E-state index in [0.717, 1.165) is 11.3 Å². The molecule has 0 atom stereocenters. The molecule has 35 heavy (non-hydrogen) atoms. The molecule has 0 bridgehead atoms. The highest BCUT2D eigenvalue weighted by molar-refractivity contribution is 6.04. The Bertz CT molecular complexity index is 1400. The quantitative estimate of drug-likeness (QED) is 0.433. The maximum absolute atomic E-state index is 13.8. The highest BCUT2D eigenvalue weighted by atomic mass is 19.1. The van der Waals surface area contributed by atoms with Crippen LogP contribution in [0.5, 0.6) is 5.75 Å². The van der Waals surface area contributed by atoms with Crippen LogP contribution in [0, 0.1) is 12.7 Å². The second-order valence-corrected chi connectivity index (χ2v) is 7.79. The minimum atomic E-state index is -0.511. The first-order valence-corrected chi connectivity index (χ1v) is 10.9. The normalized spacial score (nSPS) is 10.8. The molecule has 4 aromatic rings. The minimum absolute atomic E-state index is 0.0451. The molecule has 2 heterocycles. The van der Waals surface area contributed by atoms with Gasteiger partial charge < -0.3 is 20.3 Å². The van der Waals surface area contributed by atoms with Gasteiger partial charge in [0.2, 0.25) is 0 Å². The standard InChI is InChI=1S/C25H25FN6O3/c1-5-27-25(34)30-17-8-6-16(7-9-17)21-13-28-23-15(2)29-20(14-32(21)23)24(33)31(3)18-10-11-19(26)22(12-18)35-4/h6-14H,5H2,1-4H3,(H2,27,30,34). The number of amides is 3. The molecule has 0 unspecified atom stereocenters. The first kappa shape index (κ1) is 23.7. The fourth-order valence-corrected chi connectivity index (χ4v) is 3.66. The second-order valence-electron chi connectivity index (χ2n) is 7.79. The summed E-state index contributed by atoms with van der Waals surface area (Å²) in [5.41, 5.74) is 4.13. The fourth-order valence-electron chi connectivity index (χ4n) is 3.66. The molecule has 0 aliphatic carbocycles. The van der Waals surface area contributed by atoms with Crippen molar-refractivity contribution in [2.75, 3.05) is 30.9 Å². The molecule has 2 N–H and O–H groups in total. The topological polar surface area (TPSA) is 101 Å². The lowest BCUT2D eigenvalue weighted by Crippen LogP contribution is -2.28. The number of aryl methyl sites for hydroxylation is 1. The highest BCUT2D eigenvalue weighted by Gasteiger charge is 2.20. The smallest absolute Gasteiger partial charge is 0.319 e. The number of urea groups is 1. The molecule has 9 nitrogen and oxygen atoms in total. The third-order valence-corrected chi connectivity index (χ3v) is 5.48. The zero-order chi connectivity index (χ0) is 25.1. The van der Waals surface area contributed by atoms with Gasteiger partial charge in [-0.3, -0.25) is 9.20 Å². The minimum Gasteiger partial charge on any atom is -0.494 e. The van der Waals surface area contributed by atoms with E-state index in [1.54, 1.807) is 42.9 Å². The van der Waals surface area contributed by atoms with Gasteiger partial charge in [-0.05, 0) is 38.1 Å². The van der Waals surface area contributed by atoms with Crippen molar-refractivity contribution in [1.29, 1.82) is 0 Å². The van der Waals surface area contributed by atoms with Gasteiger partial charge in [-0.2, -0.15) is 0 Å². The first-order valence-electron chi connectivity index (χ1n) is 10.9. The van der Waals surface area contributed by atoms with E-state index < -0.39 is 5.82 Å². The number of aromatic nitrogens is 3. The van der Waals surface area contributed by atoms with E-state index in [4.69, 9.17) is 4.74 Å². The maximum atomic E-state index is 13.8. The third kappa shape index (κ3) is 4.77. The summed E-state index contributed by atoms with van der Waals surface area (Å²) in [7, 11) is 2.96. The van der Waals surface area contributed by atoms with Gasteiger partial charge >= 0.3 is 6.03 Å². The largest absolute Gasteiger partial charge is 0.494 e. The number of imidazole rings is 1. The number of carbonyl (C=O) groups excluding carboxylic acids is 2. The Morgan fingerprint density at radius 2 is 1.91 bits per heavy atom. The van der Waals surface area contributed by atoms with Crippen LogP contribution in [0.15, 0.2) is 54.9 Å². The Balaban J connectivity index is 1.66.